The Bertz CT molecular complexity index is 418. The van der Waals surface area contributed by atoms with Gasteiger partial charge in [-0.15, -0.1) is 0 Å². The van der Waals surface area contributed by atoms with E-state index in [0.717, 1.165) is 0 Å². The van der Waals surface area contributed by atoms with E-state index in [0.29, 0.717) is 5.02 Å². The van der Waals surface area contributed by atoms with Crippen molar-refractivity contribution >= 4 is 48.8 Å². The minimum absolute atomic E-state index is 0.191. The Labute approximate surface area is 90.2 Å². The number of hydrogen-bond donors (Lipinski definition) is 1. The van der Waals surface area contributed by atoms with Gasteiger partial charge in [0.15, 0.2) is 0 Å². The molecule has 0 atom stereocenters. The van der Waals surface area contributed by atoms with Crippen LogP contribution in [-0.2, 0) is 9.24 Å². The zero-order valence-electron chi connectivity index (χ0n) is 6.09. The highest BCUT2D eigenvalue weighted by Crippen LogP contribution is 2.26. The number of anilines is 1. The summed E-state index contributed by atoms with van der Waals surface area (Å²) < 4.78 is 23.2. The predicted molar refractivity (Wildman–Crippen MR) is 54.9 cm³/mol. The van der Waals surface area contributed by atoms with E-state index < -0.39 is 9.24 Å². The second kappa shape index (κ2) is 3.92. The highest BCUT2D eigenvalue weighted by atomic mass is 35.7. The SMILES string of the molecule is O=S(=O)(Cl)Nc1ccc(Cl)cc1Cl. The fraction of sp³-hybridized carbons (Fsp3) is 0. The molecule has 13 heavy (non-hydrogen) atoms. The standard InChI is InChI=1S/C6H4Cl3NO2S/c7-4-1-2-6(5(8)3-4)10-13(9,11)12/h1-3,10H. The van der Waals surface area contributed by atoms with Crippen LogP contribution in [0.5, 0.6) is 0 Å². The van der Waals surface area contributed by atoms with Gasteiger partial charge < -0.3 is 0 Å². The van der Waals surface area contributed by atoms with Gasteiger partial charge in [0.25, 0.3) is 0 Å². The highest BCUT2D eigenvalue weighted by Gasteiger charge is 2.07. The highest BCUT2D eigenvalue weighted by molar-refractivity contribution is 8.14. The molecular formula is C6H4Cl3NO2S. The predicted octanol–water partition coefficient (Wildman–Crippen LogP) is 2.89. The minimum Gasteiger partial charge on any atom is -0.269 e. The molecule has 0 fully saturated rings. The summed E-state index contributed by atoms with van der Waals surface area (Å²) >= 11 is 11.3. The first-order valence-electron chi connectivity index (χ1n) is 3.06. The third kappa shape index (κ3) is 3.60. The van der Waals surface area contributed by atoms with E-state index in [1.165, 1.54) is 18.2 Å². The van der Waals surface area contributed by atoms with Gasteiger partial charge in [0.1, 0.15) is 0 Å². The van der Waals surface area contributed by atoms with Crippen LogP contribution >= 0.6 is 33.9 Å². The largest absolute Gasteiger partial charge is 0.319 e. The van der Waals surface area contributed by atoms with Crippen molar-refractivity contribution in [2.24, 2.45) is 0 Å². The minimum atomic E-state index is -3.82. The van der Waals surface area contributed by atoms with Crippen LogP contribution in [0.3, 0.4) is 0 Å². The third-order valence-electron chi connectivity index (χ3n) is 1.16. The number of halogens is 3. The Balaban J connectivity index is 3.04. The molecule has 0 aliphatic heterocycles. The van der Waals surface area contributed by atoms with Gasteiger partial charge in [-0.1, -0.05) is 23.2 Å². The molecule has 0 amide bonds. The van der Waals surface area contributed by atoms with Gasteiger partial charge in [0.05, 0.1) is 10.7 Å². The van der Waals surface area contributed by atoms with Gasteiger partial charge in [0, 0.05) is 15.7 Å². The Morgan fingerprint density at radius 2 is 1.85 bits per heavy atom. The Kier molecular flexibility index (Phi) is 3.29. The van der Waals surface area contributed by atoms with Crippen LogP contribution in [0.15, 0.2) is 18.2 Å². The Hall–Kier alpha value is -0.160. The van der Waals surface area contributed by atoms with Crippen LogP contribution in [0, 0.1) is 0 Å². The molecule has 7 heteroatoms. The quantitative estimate of drug-likeness (QED) is 0.831. The van der Waals surface area contributed by atoms with Crippen LogP contribution in [0.1, 0.15) is 0 Å². The summed E-state index contributed by atoms with van der Waals surface area (Å²) in [4.78, 5) is 0. The van der Waals surface area contributed by atoms with Crippen molar-refractivity contribution in [2.45, 2.75) is 0 Å². The lowest BCUT2D eigenvalue weighted by atomic mass is 10.3. The Morgan fingerprint density at radius 3 is 2.31 bits per heavy atom. The molecule has 1 aromatic rings. The molecule has 0 saturated carbocycles. The summed E-state index contributed by atoms with van der Waals surface area (Å²) in [5, 5.41) is 0.610. The molecule has 0 aliphatic rings. The normalized spacial score (nSPS) is 11.3. The fourth-order valence-electron chi connectivity index (χ4n) is 0.704. The maximum absolute atomic E-state index is 10.6. The molecule has 0 radical (unpaired) electrons. The van der Waals surface area contributed by atoms with Crippen molar-refractivity contribution in [1.29, 1.82) is 0 Å². The van der Waals surface area contributed by atoms with Crippen molar-refractivity contribution in [3.63, 3.8) is 0 Å². The number of hydrogen-bond acceptors (Lipinski definition) is 2. The maximum Gasteiger partial charge on any atom is 0.319 e. The molecule has 72 valence electrons. The summed E-state index contributed by atoms with van der Waals surface area (Å²) in [6.45, 7) is 0. The van der Waals surface area contributed by atoms with Crippen molar-refractivity contribution in [3.05, 3.63) is 28.2 Å². The average molecular weight is 261 g/mol. The monoisotopic (exact) mass is 259 g/mol. The van der Waals surface area contributed by atoms with Gasteiger partial charge >= 0.3 is 9.24 Å². The van der Waals surface area contributed by atoms with Gasteiger partial charge in [0.2, 0.25) is 0 Å². The molecule has 0 aromatic heterocycles. The van der Waals surface area contributed by atoms with Crippen molar-refractivity contribution in [3.8, 4) is 0 Å². The molecule has 0 saturated heterocycles. The zero-order valence-corrected chi connectivity index (χ0v) is 9.17. The van der Waals surface area contributed by atoms with Gasteiger partial charge in [-0.05, 0) is 18.2 Å². The lowest BCUT2D eigenvalue weighted by Gasteiger charge is -2.03. The van der Waals surface area contributed by atoms with E-state index in [1.807, 2.05) is 4.72 Å². The summed E-state index contributed by atoms with van der Waals surface area (Å²) in [7, 11) is 1.13. The van der Waals surface area contributed by atoms with Crippen LogP contribution in [0.25, 0.3) is 0 Å². The van der Waals surface area contributed by atoms with Crippen molar-refractivity contribution < 1.29 is 8.42 Å². The molecule has 1 N–H and O–H groups in total. The molecule has 0 heterocycles. The second-order valence-electron chi connectivity index (χ2n) is 2.16. The topological polar surface area (TPSA) is 46.2 Å². The lowest BCUT2D eigenvalue weighted by molar-refractivity contribution is 0.614. The van der Waals surface area contributed by atoms with E-state index in [1.54, 1.807) is 0 Å². The van der Waals surface area contributed by atoms with E-state index in [-0.39, 0.29) is 10.7 Å². The van der Waals surface area contributed by atoms with Crippen LogP contribution < -0.4 is 4.72 Å². The molecule has 3 nitrogen and oxygen atoms in total. The molecule has 0 unspecified atom stereocenters. The first kappa shape index (κ1) is 10.9. The third-order valence-corrected chi connectivity index (χ3v) is 2.41. The molecule has 1 aromatic carbocycles. The number of nitrogens with one attached hydrogen (secondary N) is 1. The lowest BCUT2D eigenvalue weighted by Crippen LogP contribution is -2.04. The van der Waals surface area contributed by atoms with E-state index in [2.05, 4.69) is 0 Å². The van der Waals surface area contributed by atoms with Gasteiger partial charge in [-0.25, -0.2) is 0 Å². The van der Waals surface area contributed by atoms with Crippen LogP contribution in [-0.4, -0.2) is 8.42 Å². The molecular weight excluding hydrogens is 256 g/mol. The summed E-state index contributed by atoms with van der Waals surface area (Å²) in [6, 6.07) is 4.33. The molecule has 0 aliphatic carbocycles. The summed E-state index contributed by atoms with van der Waals surface area (Å²) in [5.41, 5.74) is 0.195. The molecule has 0 bridgehead atoms. The Morgan fingerprint density at radius 1 is 1.23 bits per heavy atom. The van der Waals surface area contributed by atoms with Crippen LogP contribution in [0.2, 0.25) is 10.0 Å². The fourth-order valence-corrected chi connectivity index (χ4v) is 1.91. The number of benzene rings is 1. The summed E-state index contributed by atoms with van der Waals surface area (Å²) in [6.07, 6.45) is 0. The molecule has 1 rings (SSSR count). The molecule has 0 spiro atoms. The first-order valence-corrected chi connectivity index (χ1v) is 6.12. The van der Waals surface area contributed by atoms with E-state index in [9.17, 15) is 8.42 Å². The summed E-state index contributed by atoms with van der Waals surface area (Å²) in [5.74, 6) is 0. The van der Waals surface area contributed by atoms with Gasteiger partial charge in [-0.2, -0.15) is 8.42 Å². The van der Waals surface area contributed by atoms with Gasteiger partial charge in [-0.3, -0.25) is 4.72 Å². The maximum atomic E-state index is 10.6. The smallest absolute Gasteiger partial charge is 0.269 e. The van der Waals surface area contributed by atoms with Crippen molar-refractivity contribution in [2.75, 3.05) is 4.72 Å². The average Bonchev–Trinajstić information content (AvgIpc) is 1.93. The van der Waals surface area contributed by atoms with E-state index >= 15 is 0 Å². The number of rotatable bonds is 2. The first-order chi connectivity index (χ1) is 5.88. The van der Waals surface area contributed by atoms with Crippen molar-refractivity contribution in [1.82, 2.24) is 0 Å². The second-order valence-corrected chi connectivity index (χ2v) is 5.31. The van der Waals surface area contributed by atoms with E-state index in [4.69, 9.17) is 33.9 Å². The van der Waals surface area contributed by atoms with Crippen LogP contribution in [0.4, 0.5) is 5.69 Å². The zero-order chi connectivity index (χ0) is 10.1.